The number of hydrogen-bond donors (Lipinski definition) is 0. The first kappa shape index (κ1) is 22.9. The molecule has 154 valence electrons. The highest BCUT2D eigenvalue weighted by atomic mass is 79.9. The van der Waals surface area contributed by atoms with Crippen LogP contribution in [0.1, 0.15) is 37.4 Å². The van der Waals surface area contributed by atoms with Crippen LogP contribution in [0.25, 0.3) is 11.1 Å². The molecule has 0 aromatic heterocycles. The van der Waals surface area contributed by atoms with Crippen molar-refractivity contribution in [1.29, 1.82) is 0 Å². The highest BCUT2D eigenvalue weighted by Gasteiger charge is 2.41. The third kappa shape index (κ3) is 7.94. The van der Waals surface area contributed by atoms with E-state index in [1.807, 2.05) is 30.3 Å². The molecule has 2 aromatic rings. The molecule has 0 amide bonds. The highest BCUT2D eigenvalue weighted by Crippen LogP contribution is 2.36. The number of halogens is 4. The van der Waals surface area contributed by atoms with E-state index in [2.05, 4.69) is 15.9 Å². The van der Waals surface area contributed by atoms with Gasteiger partial charge in [0.25, 0.3) is 0 Å². The molecule has 2 rings (SSSR count). The second kappa shape index (κ2) is 12.2. The molecule has 0 fully saturated rings. The van der Waals surface area contributed by atoms with Crippen molar-refractivity contribution in [2.24, 2.45) is 0 Å². The van der Waals surface area contributed by atoms with Gasteiger partial charge in [-0.2, -0.15) is 13.2 Å². The smallest absolute Gasteiger partial charge is 0.381 e. The van der Waals surface area contributed by atoms with E-state index in [1.165, 1.54) is 12.1 Å². The molecule has 0 N–H and O–H groups in total. The van der Waals surface area contributed by atoms with Gasteiger partial charge in [0.05, 0.1) is 0 Å². The minimum atomic E-state index is -4.44. The van der Waals surface area contributed by atoms with E-state index < -0.39 is 12.3 Å². The van der Waals surface area contributed by atoms with Crippen LogP contribution >= 0.6 is 15.9 Å². The second-order valence-electron chi connectivity index (χ2n) is 6.50. The van der Waals surface area contributed by atoms with Gasteiger partial charge in [-0.1, -0.05) is 70.5 Å². The zero-order valence-corrected chi connectivity index (χ0v) is 17.3. The number of ether oxygens (including phenoxy) is 2. The van der Waals surface area contributed by atoms with E-state index >= 15 is 0 Å². The second-order valence-corrected chi connectivity index (χ2v) is 7.29. The SMILES string of the molecule is FC(F)(F)C(OCCCCOCCCCBr)c1ccc(-c2ccccc2)cc1. The molecule has 0 spiro atoms. The lowest BCUT2D eigenvalue weighted by Crippen LogP contribution is -2.24. The Hall–Kier alpha value is -1.37. The van der Waals surface area contributed by atoms with Crippen molar-refractivity contribution in [3.63, 3.8) is 0 Å². The fourth-order valence-electron chi connectivity index (χ4n) is 2.77. The number of hydrogen-bond acceptors (Lipinski definition) is 2. The van der Waals surface area contributed by atoms with Gasteiger partial charge in [0, 0.05) is 25.2 Å². The van der Waals surface area contributed by atoms with Gasteiger partial charge in [0.15, 0.2) is 6.10 Å². The summed E-state index contributed by atoms with van der Waals surface area (Å²) in [6, 6.07) is 15.9. The Bertz CT molecular complexity index is 660. The maximum absolute atomic E-state index is 13.4. The Labute approximate surface area is 173 Å². The summed E-state index contributed by atoms with van der Waals surface area (Å²) in [6.07, 6.45) is -3.09. The lowest BCUT2D eigenvalue weighted by Gasteiger charge is -2.21. The van der Waals surface area contributed by atoms with Crippen LogP contribution in [0.4, 0.5) is 13.2 Å². The standard InChI is InChI=1S/C22H26BrF3O2/c23-14-4-5-15-27-16-6-7-17-28-21(22(24,25)26)20-12-10-19(11-13-20)18-8-2-1-3-9-18/h1-3,8-13,21H,4-7,14-17H2. The van der Waals surface area contributed by atoms with Crippen molar-refractivity contribution in [2.75, 3.05) is 25.2 Å². The van der Waals surface area contributed by atoms with Crippen LogP contribution in [0.2, 0.25) is 0 Å². The molecule has 1 unspecified atom stereocenters. The molecular weight excluding hydrogens is 433 g/mol. The van der Waals surface area contributed by atoms with Gasteiger partial charge >= 0.3 is 6.18 Å². The molecule has 0 bridgehead atoms. The van der Waals surface area contributed by atoms with E-state index in [-0.39, 0.29) is 12.2 Å². The molecular formula is C22H26BrF3O2. The van der Waals surface area contributed by atoms with Gasteiger partial charge in [-0.05, 0) is 42.4 Å². The van der Waals surface area contributed by atoms with Crippen molar-refractivity contribution < 1.29 is 22.6 Å². The van der Waals surface area contributed by atoms with Crippen molar-refractivity contribution in [1.82, 2.24) is 0 Å². The van der Waals surface area contributed by atoms with Crippen LogP contribution in [-0.4, -0.2) is 31.3 Å². The van der Waals surface area contributed by atoms with Crippen LogP contribution in [0.15, 0.2) is 54.6 Å². The minimum absolute atomic E-state index is 0.0510. The summed E-state index contributed by atoms with van der Waals surface area (Å²) in [5.74, 6) is 0. The molecule has 0 aliphatic heterocycles. The predicted molar refractivity (Wildman–Crippen MR) is 110 cm³/mol. The maximum atomic E-state index is 13.4. The average Bonchev–Trinajstić information content (AvgIpc) is 2.69. The first-order valence-electron chi connectivity index (χ1n) is 9.50. The quantitative estimate of drug-likeness (QED) is 0.253. The number of rotatable bonds is 12. The molecule has 28 heavy (non-hydrogen) atoms. The van der Waals surface area contributed by atoms with Crippen LogP contribution in [0, 0.1) is 0 Å². The molecule has 0 radical (unpaired) electrons. The van der Waals surface area contributed by atoms with Crippen LogP contribution in [-0.2, 0) is 9.47 Å². The molecule has 6 heteroatoms. The molecule has 0 saturated carbocycles. The third-order valence-electron chi connectivity index (χ3n) is 4.26. The van der Waals surface area contributed by atoms with Gasteiger partial charge in [0.2, 0.25) is 0 Å². The summed E-state index contributed by atoms with van der Waals surface area (Å²) >= 11 is 3.35. The fourth-order valence-corrected chi connectivity index (χ4v) is 3.17. The lowest BCUT2D eigenvalue weighted by molar-refractivity contribution is -0.224. The van der Waals surface area contributed by atoms with Crippen molar-refractivity contribution >= 4 is 15.9 Å². The zero-order chi connectivity index (χ0) is 20.2. The zero-order valence-electron chi connectivity index (χ0n) is 15.8. The number of alkyl halides is 4. The first-order valence-corrected chi connectivity index (χ1v) is 10.6. The molecule has 0 heterocycles. The summed E-state index contributed by atoms with van der Waals surface area (Å²) in [5.41, 5.74) is 1.97. The normalized spacial score (nSPS) is 12.9. The monoisotopic (exact) mass is 458 g/mol. The van der Waals surface area contributed by atoms with Crippen LogP contribution in [0.5, 0.6) is 0 Å². The Morgan fingerprint density at radius 3 is 1.93 bits per heavy atom. The summed E-state index contributed by atoms with van der Waals surface area (Å²) in [6.45, 7) is 1.29. The summed E-state index contributed by atoms with van der Waals surface area (Å²) in [7, 11) is 0. The Balaban J connectivity index is 1.83. The Morgan fingerprint density at radius 1 is 0.750 bits per heavy atom. The first-order chi connectivity index (χ1) is 13.5. The predicted octanol–water partition coefficient (Wildman–Crippen LogP) is 6.95. The van der Waals surface area contributed by atoms with E-state index in [1.54, 1.807) is 12.1 Å². The third-order valence-corrected chi connectivity index (χ3v) is 4.82. The maximum Gasteiger partial charge on any atom is 0.418 e. The number of benzene rings is 2. The van der Waals surface area contributed by atoms with E-state index in [0.29, 0.717) is 26.1 Å². The van der Waals surface area contributed by atoms with Gasteiger partial charge in [-0.3, -0.25) is 0 Å². The van der Waals surface area contributed by atoms with Gasteiger partial charge in [0.1, 0.15) is 0 Å². The summed E-state index contributed by atoms with van der Waals surface area (Å²) in [5, 5.41) is 0.954. The van der Waals surface area contributed by atoms with Crippen molar-refractivity contribution in [3.05, 3.63) is 60.2 Å². The summed E-state index contributed by atoms with van der Waals surface area (Å²) in [4.78, 5) is 0. The van der Waals surface area contributed by atoms with Crippen LogP contribution in [0.3, 0.4) is 0 Å². The molecule has 0 aliphatic rings. The minimum Gasteiger partial charge on any atom is -0.381 e. The molecule has 2 nitrogen and oxygen atoms in total. The Kier molecular flexibility index (Phi) is 10.0. The van der Waals surface area contributed by atoms with Gasteiger partial charge < -0.3 is 9.47 Å². The van der Waals surface area contributed by atoms with E-state index in [4.69, 9.17) is 9.47 Å². The van der Waals surface area contributed by atoms with Crippen molar-refractivity contribution in [3.8, 4) is 11.1 Å². The average molecular weight is 459 g/mol. The highest BCUT2D eigenvalue weighted by molar-refractivity contribution is 9.09. The van der Waals surface area contributed by atoms with E-state index in [0.717, 1.165) is 29.3 Å². The number of unbranched alkanes of at least 4 members (excludes halogenated alkanes) is 2. The fraction of sp³-hybridized carbons (Fsp3) is 0.455. The summed E-state index contributed by atoms with van der Waals surface area (Å²) < 4.78 is 50.9. The molecule has 1 atom stereocenters. The topological polar surface area (TPSA) is 18.5 Å². The lowest BCUT2D eigenvalue weighted by atomic mass is 10.0. The van der Waals surface area contributed by atoms with Gasteiger partial charge in [-0.25, -0.2) is 0 Å². The van der Waals surface area contributed by atoms with Crippen LogP contribution < -0.4 is 0 Å². The van der Waals surface area contributed by atoms with E-state index in [9.17, 15) is 13.2 Å². The molecule has 0 aliphatic carbocycles. The molecule has 0 saturated heterocycles. The largest absolute Gasteiger partial charge is 0.418 e. The Morgan fingerprint density at radius 2 is 1.32 bits per heavy atom. The van der Waals surface area contributed by atoms with Crippen molar-refractivity contribution in [2.45, 2.75) is 38.0 Å². The molecule has 2 aromatic carbocycles. The van der Waals surface area contributed by atoms with Gasteiger partial charge in [-0.15, -0.1) is 0 Å².